The van der Waals surface area contributed by atoms with Gasteiger partial charge in [-0.05, 0) is 7.05 Å². The average molecular weight is 127 g/mol. The Hall–Kier alpha value is -0.550. The quantitative estimate of drug-likeness (QED) is 0.432. The van der Waals surface area contributed by atoms with Crippen molar-refractivity contribution in [2.45, 2.75) is 18.6 Å². The molecule has 1 heterocycles. The van der Waals surface area contributed by atoms with Crippen molar-refractivity contribution in [3.63, 3.8) is 0 Å². The molecule has 0 N–H and O–H groups in total. The third-order valence-electron chi connectivity index (χ3n) is 1.69. The Morgan fingerprint density at radius 3 is 2.67 bits per heavy atom. The van der Waals surface area contributed by atoms with Crippen molar-refractivity contribution in [2.24, 2.45) is 0 Å². The average Bonchev–Trinajstić information content (AvgIpc) is 2.10. The Morgan fingerprint density at radius 2 is 2.44 bits per heavy atom. The molecule has 1 aliphatic rings. The monoisotopic (exact) mass is 127 g/mol. The molecule has 1 saturated heterocycles. The van der Waals surface area contributed by atoms with Gasteiger partial charge in [0.05, 0.1) is 6.04 Å². The molecule has 2 atom stereocenters. The minimum atomic E-state index is -0.712. The van der Waals surface area contributed by atoms with Crippen molar-refractivity contribution >= 4 is 0 Å². The topological polar surface area (TPSA) is 3.24 Å². The molecule has 0 aromatic rings. The summed E-state index contributed by atoms with van der Waals surface area (Å²) < 4.78 is 12.5. The fourth-order valence-electron chi connectivity index (χ4n) is 1.13. The summed E-state index contributed by atoms with van der Waals surface area (Å²) >= 11 is 0. The number of hydrogen-bond donors (Lipinski definition) is 0. The van der Waals surface area contributed by atoms with Gasteiger partial charge in [-0.25, -0.2) is 4.39 Å². The predicted octanol–water partition coefficient (Wildman–Crippen LogP) is 0.662. The molecule has 0 saturated carbocycles. The van der Waals surface area contributed by atoms with Crippen LogP contribution in [0.25, 0.3) is 0 Å². The Morgan fingerprint density at radius 1 is 1.78 bits per heavy atom. The zero-order valence-electron chi connectivity index (χ0n) is 5.47. The highest BCUT2D eigenvalue weighted by atomic mass is 19.1. The maximum atomic E-state index is 12.5. The van der Waals surface area contributed by atoms with Gasteiger partial charge in [-0.2, -0.15) is 0 Å². The maximum absolute atomic E-state index is 12.5. The lowest BCUT2D eigenvalue weighted by atomic mass is 10.2. The normalized spacial score (nSPS) is 36.6. The molecule has 0 radical (unpaired) electrons. The highest BCUT2D eigenvalue weighted by Gasteiger charge is 2.27. The molecule has 0 aliphatic carbocycles. The molecule has 1 fully saturated rings. The fraction of sp³-hybridized carbons (Fsp3) is 0.714. The van der Waals surface area contributed by atoms with E-state index < -0.39 is 6.17 Å². The molecule has 1 nitrogen and oxygen atoms in total. The molecule has 0 amide bonds. The number of likely N-dealkylation sites (tertiary alicyclic amines) is 1. The summed E-state index contributed by atoms with van der Waals surface area (Å²) in [7, 11) is 1.85. The van der Waals surface area contributed by atoms with E-state index in [1.807, 2.05) is 11.9 Å². The van der Waals surface area contributed by atoms with Gasteiger partial charge in [0.15, 0.2) is 0 Å². The van der Waals surface area contributed by atoms with E-state index in [4.69, 9.17) is 6.42 Å². The second-order valence-electron chi connectivity index (χ2n) is 2.46. The fourth-order valence-corrected chi connectivity index (χ4v) is 1.13. The lowest BCUT2D eigenvalue weighted by Crippen LogP contribution is -2.23. The SMILES string of the molecule is C#CC1CC(F)CN1C. The lowest BCUT2D eigenvalue weighted by molar-refractivity contribution is 0.313. The minimum absolute atomic E-state index is 0.0278. The van der Waals surface area contributed by atoms with Crippen LogP contribution in [0.15, 0.2) is 0 Å². The van der Waals surface area contributed by atoms with Crippen LogP contribution < -0.4 is 0 Å². The van der Waals surface area contributed by atoms with Crippen LogP contribution in [0.2, 0.25) is 0 Å². The molecule has 0 spiro atoms. The minimum Gasteiger partial charge on any atom is -0.290 e. The number of nitrogens with zero attached hydrogens (tertiary/aromatic N) is 1. The van der Waals surface area contributed by atoms with E-state index in [2.05, 4.69) is 5.92 Å². The lowest BCUT2D eigenvalue weighted by Gasteiger charge is -2.10. The van der Waals surface area contributed by atoms with Crippen LogP contribution in [0.4, 0.5) is 4.39 Å². The van der Waals surface area contributed by atoms with Crippen molar-refractivity contribution in [1.82, 2.24) is 4.90 Å². The molecule has 9 heavy (non-hydrogen) atoms. The third-order valence-corrected chi connectivity index (χ3v) is 1.69. The van der Waals surface area contributed by atoms with Crippen molar-refractivity contribution in [3.05, 3.63) is 0 Å². The number of alkyl halides is 1. The van der Waals surface area contributed by atoms with E-state index in [-0.39, 0.29) is 6.04 Å². The number of rotatable bonds is 0. The van der Waals surface area contributed by atoms with Gasteiger partial charge in [0.25, 0.3) is 0 Å². The van der Waals surface area contributed by atoms with Gasteiger partial charge in [-0.3, -0.25) is 4.90 Å². The molecular formula is C7H10FN. The van der Waals surface area contributed by atoms with E-state index in [0.717, 1.165) is 0 Å². The number of halogens is 1. The molecule has 2 heteroatoms. The molecule has 1 aliphatic heterocycles. The van der Waals surface area contributed by atoms with Crippen molar-refractivity contribution < 1.29 is 4.39 Å². The van der Waals surface area contributed by atoms with E-state index in [0.29, 0.717) is 13.0 Å². The summed E-state index contributed by atoms with van der Waals surface area (Å²) in [5.74, 6) is 2.53. The van der Waals surface area contributed by atoms with Crippen LogP contribution in [-0.4, -0.2) is 30.7 Å². The Bertz CT molecular complexity index is 138. The van der Waals surface area contributed by atoms with Crippen molar-refractivity contribution in [2.75, 3.05) is 13.6 Å². The molecule has 0 aromatic carbocycles. The van der Waals surface area contributed by atoms with Gasteiger partial charge in [-0.1, -0.05) is 5.92 Å². The first kappa shape index (κ1) is 6.57. The predicted molar refractivity (Wildman–Crippen MR) is 34.8 cm³/mol. The second-order valence-corrected chi connectivity index (χ2v) is 2.46. The maximum Gasteiger partial charge on any atom is 0.115 e. The molecule has 0 aromatic heterocycles. The Balaban J connectivity index is 2.50. The number of hydrogen-bond acceptors (Lipinski definition) is 1. The first-order chi connectivity index (χ1) is 4.24. The zero-order valence-corrected chi connectivity index (χ0v) is 5.47. The van der Waals surface area contributed by atoms with E-state index in [1.165, 1.54) is 0 Å². The molecule has 0 bridgehead atoms. The first-order valence-corrected chi connectivity index (χ1v) is 3.04. The van der Waals surface area contributed by atoms with Gasteiger partial charge >= 0.3 is 0 Å². The van der Waals surface area contributed by atoms with Crippen LogP contribution in [0.3, 0.4) is 0 Å². The molecule has 50 valence electrons. The van der Waals surface area contributed by atoms with E-state index >= 15 is 0 Å². The van der Waals surface area contributed by atoms with Crippen LogP contribution in [0, 0.1) is 12.3 Å². The Labute approximate surface area is 54.8 Å². The Kier molecular flexibility index (Phi) is 1.73. The van der Waals surface area contributed by atoms with Gasteiger partial charge in [0.2, 0.25) is 0 Å². The molecule has 1 rings (SSSR count). The van der Waals surface area contributed by atoms with Crippen LogP contribution in [-0.2, 0) is 0 Å². The van der Waals surface area contributed by atoms with Crippen molar-refractivity contribution in [3.8, 4) is 12.3 Å². The second kappa shape index (κ2) is 2.36. The zero-order chi connectivity index (χ0) is 6.85. The largest absolute Gasteiger partial charge is 0.290 e. The summed E-state index contributed by atoms with van der Waals surface area (Å²) in [5.41, 5.74) is 0. The van der Waals surface area contributed by atoms with E-state index in [1.54, 1.807) is 0 Å². The first-order valence-electron chi connectivity index (χ1n) is 3.04. The van der Waals surface area contributed by atoms with Crippen LogP contribution in [0.5, 0.6) is 0 Å². The highest BCUT2D eigenvalue weighted by Crippen LogP contribution is 2.16. The highest BCUT2D eigenvalue weighted by molar-refractivity contribution is 5.04. The summed E-state index contributed by atoms with van der Waals surface area (Å²) in [4.78, 5) is 1.87. The molecule has 2 unspecified atom stereocenters. The molecular weight excluding hydrogens is 117 g/mol. The standard InChI is InChI=1S/C7H10FN/c1-3-7-4-6(8)5-9(7)2/h1,6-7H,4-5H2,2H3. The van der Waals surface area contributed by atoms with Gasteiger partial charge in [-0.15, -0.1) is 6.42 Å². The van der Waals surface area contributed by atoms with Crippen molar-refractivity contribution in [1.29, 1.82) is 0 Å². The van der Waals surface area contributed by atoms with Crippen LogP contribution >= 0.6 is 0 Å². The van der Waals surface area contributed by atoms with E-state index in [9.17, 15) is 4.39 Å². The summed E-state index contributed by atoms with van der Waals surface area (Å²) in [6.07, 6.45) is 4.92. The van der Waals surface area contributed by atoms with Gasteiger partial charge < -0.3 is 0 Å². The summed E-state index contributed by atoms with van der Waals surface area (Å²) in [6.45, 7) is 0.495. The van der Waals surface area contributed by atoms with Crippen LogP contribution in [0.1, 0.15) is 6.42 Å². The third kappa shape index (κ3) is 1.22. The number of terminal acetylenes is 1. The van der Waals surface area contributed by atoms with Gasteiger partial charge in [0.1, 0.15) is 6.17 Å². The summed E-state index contributed by atoms with van der Waals surface area (Å²) in [6, 6.07) is 0.0278. The smallest absolute Gasteiger partial charge is 0.115 e. The summed E-state index contributed by atoms with van der Waals surface area (Å²) in [5, 5.41) is 0. The van der Waals surface area contributed by atoms with Gasteiger partial charge in [0, 0.05) is 13.0 Å².